The number of nitrogens with zero attached hydrogens (tertiary/aromatic N) is 1. The SMILES string of the molecule is O=C1CN(C2CC(F)(F)C2)CC(=O)O1. The van der Waals surface area contributed by atoms with Crippen LogP contribution in [0, 0.1) is 0 Å². The van der Waals surface area contributed by atoms with E-state index in [9.17, 15) is 18.4 Å². The minimum absolute atomic E-state index is 0.0630. The summed E-state index contributed by atoms with van der Waals surface area (Å²) in [5, 5.41) is 0. The van der Waals surface area contributed by atoms with Gasteiger partial charge in [-0.2, -0.15) is 0 Å². The van der Waals surface area contributed by atoms with E-state index in [4.69, 9.17) is 0 Å². The van der Waals surface area contributed by atoms with E-state index in [2.05, 4.69) is 4.74 Å². The third-order valence-electron chi connectivity index (χ3n) is 2.48. The first-order valence-electron chi connectivity index (χ1n) is 4.32. The van der Waals surface area contributed by atoms with Gasteiger partial charge in [-0.15, -0.1) is 0 Å². The highest BCUT2D eigenvalue weighted by Crippen LogP contribution is 2.40. The van der Waals surface area contributed by atoms with Gasteiger partial charge in [0.15, 0.2) is 0 Å². The van der Waals surface area contributed by atoms with Gasteiger partial charge in [-0.25, -0.2) is 8.78 Å². The Morgan fingerprint density at radius 2 is 1.71 bits per heavy atom. The van der Waals surface area contributed by atoms with Gasteiger partial charge in [-0.05, 0) is 0 Å². The smallest absolute Gasteiger partial charge is 0.327 e. The Morgan fingerprint density at radius 1 is 1.21 bits per heavy atom. The third-order valence-corrected chi connectivity index (χ3v) is 2.48. The summed E-state index contributed by atoms with van der Waals surface area (Å²) >= 11 is 0. The van der Waals surface area contributed by atoms with E-state index in [1.807, 2.05) is 0 Å². The molecule has 4 nitrogen and oxygen atoms in total. The standard InChI is InChI=1S/C8H9F2NO3/c9-8(10)1-5(2-8)11-3-6(12)14-7(13)4-11/h5H,1-4H2. The van der Waals surface area contributed by atoms with Gasteiger partial charge in [0.25, 0.3) is 5.92 Å². The van der Waals surface area contributed by atoms with Crippen LogP contribution in [0.15, 0.2) is 0 Å². The quantitative estimate of drug-likeness (QED) is 0.452. The minimum Gasteiger partial charge on any atom is -0.391 e. The number of hydrogen-bond donors (Lipinski definition) is 0. The van der Waals surface area contributed by atoms with Crippen LogP contribution in [0.5, 0.6) is 0 Å². The largest absolute Gasteiger partial charge is 0.391 e. The van der Waals surface area contributed by atoms with Crippen LogP contribution in [-0.4, -0.2) is 41.9 Å². The second kappa shape index (κ2) is 2.98. The zero-order valence-electron chi connectivity index (χ0n) is 7.33. The number of esters is 2. The summed E-state index contributed by atoms with van der Waals surface area (Å²) in [6, 6.07) is -0.359. The Kier molecular flexibility index (Phi) is 2.02. The molecule has 1 heterocycles. The number of carbonyl (C=O) groups excluding carboxylic acids is 2. The van der Waals surface area contributed by atoms with Gasteiger partial charge in [0.05, 0.1) is 13.1 Å². The summed E-state index contributed by atoms with van der Waals surface area (Å²) in [7, 11) is 0. The fourth-order valence-corrected chi connectivity index (χ4v) is 1.73. The summed E-state index contributed by atoms with van der Waals surface area (Å²) in [4.78, 5) is 23.1. The lowest BCUT2D eigenvalue weighted by molar-refractivity contribution is -0.176. The average Bonchev–Trinajstić information content (AvgIpc) is 1.97. The van der Waals surface area contributed by atoms with Crippen LogP contribution in [-0.2, 0) is 14.3 Å². The van der Waals surface area contributed by atoms with Crippen LogP contribution in [0.4, 0.5) is 8.78 Å². The van der Waals surface area contributed by atoms with Crippen LogP contribution in [0.2, 0.25) is 0 Å². The first kappa shape index (κ1) is 9.51. The number of hydrogen-bond acceptors (Lipinski definition) is 4. The highest BCUT2D eigenvalue weighted by molar-refractivity contribution is 5.90. The zero-order chi connectivity index (χ0) is 10.3. The fourth-order valence-electron chi connectivity index (χ4n) is 1.73. The van der Waals surface area contributed by atoms with Crippen molar-refractivity contribution < 1.29 is 23.1 Å². The van der Waals surface area contributed by atoms with E-state index in [1.54, 1.807) is 0 Å². The van der Waals surface area contributed by atoms with Crippen molar-refractivity contribution in [1.82, 2.24) is 4.90 Å². The molecule has 0 unspecified atom stereocenters. The van der Waals surface area contributed by atoms with E-state index in [0.29, 0.717) is 0 Å². The summed E-state index contributed by atoms with van der Waals surface area (Å²) < 4.78 is 29.3. The van der Waals surface area contributed by atoms with Gasteiger partial charge in [0.1, 0.15) is 0 Å². The van der Waals surface area contributed by atoms with Crippen LogP contribution in [0.25, 0.3) is 0 Å². The molecule has 14 heavy (non-hydrogen) atoms. The molecule has 0 atom stereocenters. The third kappa shape index (κ3) is 1.75. The topological polar surface area (TPSA) is 46.6 Å². The highest BCUT2D eigenvalue weighted by Gasteiger charge is 2.49. The number of rotatable bonds is 1. The number of morpholine rings is 1. The van der Waals surface area contributed by atoms with Crippen molar-refractivity contribution in [2.45, 2.75) is 24.8 Å². The van der Waals surface area contributed by atoms with Gasteiger partial charge in [-0.3, -0.25) is 14.5 Å². The maximum Gasteiger partial charge on any atom is 0.327 e. The lowest BCUT2D eigenvalue weighted by Crippen LogP contribution is -2.56. The maximum absolute atomic E-state index is 12.5. The monoisotopic (exact) mass is 205 g/mol. The second-order valence-electron chi connectivity index (χ2n) is 3.67. The molecule has 0 aromatic rings. The van der Waals surface area contributed by atoms with Crippen LogP contribution < -0.4 is 0 Å². The number of cyclic esters (lactones) is 2. The van der Waals surface area contributed by atoms with Crippen molar-refractivity contribution in [1.29, 1.82) is 0 Å². The van der Waals surface area contributed by atoms with Gasteiger partial charge >= 0.3 is 11.9 Å². The van der Waals surface area contributed by atoms with E-state index in [0.717, 1.165) is 0 Å². The van der Waals surface area contributed by atoms with Gasteiger partial charge in [0.2, 0.25) is 0 Å². The lowest BCUT2D eigenvalue weighted by Gasteiger charge is -2.42. The highest BCUT2D eigenvalue weighted by atomic mass is 19.3. The molecule has 1 saturated carbocycles. The zero-order valence-corrected chi connectivity index (χ0v) is 7.33. The predicted molar refractivity (Wildman–Crippen MR) is 40.6 cm³/mol. The van der Waals surface area contributed by atoms with Crippen LogP contribution >= 0.6 is 0 Å². The van der Waals surface area contributed by atoms with Crippen molar-refractivity contribution in [3.63, 3.8) is 0 Å². The molecule has 2 rings (SSSR count). The Bertz CT molecular complexity index is 268. The molecule has 0 aromatic heterocycles. The van der Waals surface area contributed by atoms with Crippen LogP contribution in [0.3, 0.4) is 0 Å². The molecule has 78 valence electrons. The molecule has 6 heteroatoms. The molecule has 1 aliphatic carbocycles. The molecule has 0 amide bonds. The van der Waals surface area contributed by atoms with Gasteiger partial charge in [-0.1, -0.05) is 0 Å². The Morgan fingerprint density at radius 3 is 2.14 bits per heavy atom. The van der Waals surface area contributed by atoms with Crippen molar-refractivity contribution >= 4 is 11.9 Å². The van der Waals surface area contributed by atoms with E-state index >= 15 is 0 Å². The molecule has 2 aliphatic rings. The maximum atomic E-state index is 12.5. The predicted octanol–water partition coefficient (Wildman–Crippen LogP) is 0.169. The Labute approximate surface area is 78.8 Å². The molecule has 0 bridgehead atoms. The summed E-state index contributed by atoms with van der Waals surface area (Å²) in [6.45, 7) is -0.126. The molecular formula is C8H9F2NO3. The van der Waals surface area contributed by atoms with Crippen molar-refractivity contribution in [2.75, 3.05) is 13.1 Å². The van der Waals surface area contributed by atoms with Crippen molar-refractivity contribution in [2.24, 2.45) is 0 Å². The molecular weight excluding hydrogens is 196 g/mol. The Hall–Kier alpha value is -1.04. The number of halogens is 2. The molecule has 2 fully saturated rings. The number of ether oxygens (including phenoxy) is 1. The molecule has 0 N–H and O–H groups in total. The van der Waals surface area contributed by atoms with Gasteiger partial charge in [0, 0.05) is 18.9 Å². The van der Waals surface area contributed by atoms with E-state index in [-0.39, 0.29) is 32.0 Å². The van der Waals surface area contributed by atoms with Gasteiger partial charge < -0.3 is 4.74 Å². The molecule has 0 aromatic carbocycles. The van der Waals surface area contributed by atoms with E-state index in [1.165, 1.54) is 4.90 Å². The molecule has 0 radical (unpaired) electrons. The molecule has 1 aliphatic heterocycles. The summed E-state index contributed by atoms with van der Waals surface area (Å²) in [6.07, 6.45) is -0.541. The molecule has 0 spiro atoms. The van der Waals surface area contributed by atoms with Crippen molar-refractivity contribution in [3.05, 3.63) is 0 Å². The first-order valence-corrected chi connectivity index (χ1v) is 4.32. The average molecular weight is 205 g/mol. The lowest BCUT2D eigenvalue weighted by atomic mass is 9.86. The normalized spacial score (nSPS) is 28.4. The summed E-state index contributed by atoms with van der Waals surface area (Å²) in [5.41, 5.74) is 0. The van der Waals surface area contributed by atoms with E-state index < -0.39 is 17.9 Å². The van der Waals surface area contributed by atoms with Crippen LogP contribution in [0.1, 0.15) is 12.8 Å². The second-order valence-corrected chi connectivity index (χ2v) is 3.67. The summed E-state index contributed by atoms with van der Waals surface area (Å²) in [5.74, 6) is -3.94. The number of alkyl halides is 2. The Balaban J connectivity index is 1.93. The minimum atomic E-state index is -2.63. The van der Waals surface area contributed by atoms with Crippen molar-refractivity contribution in [3.8, 4) is 0 Å². The molecule has 1 saturated heterocycles. The first-order chi connectivity index (χ1) is 6.46. The number of carbonyl (C=O) groups is 2. The fraction of sp³-hybridized carbons (Fsp3) is 0.750.